The van der Waals surface area contributed by atoms with Crippen molar-refractivity contribution in [3.05, 3.63) is 30.3 Å². The highest BCUT2D eigenvalue weighted by atomic mass is 32.2. The van der Waals surface area contributed by atoms with Crippen LogP contribution in [0.4, 0.5) is 0 Å². The Labute approximate surface area is 161 Å². The van der Waals surface area contributed by atoms with Gasteiger partial charge in [0.25, 0.3) is 0 Å². The lowest BCUT2D eigenvalue weighted by molar-refractivity contribution is 0.296. The molecule has 0 saturated heterocycles. The van der Waals surface area contributed by atoms with E-state index in [-0.39, 0.29) is 0 Å². The van der Waals surface area contributed by atoms with E-state index in [1.807, 2.05) is 11.8 Å². The predicted octanol–water partition coefficient (Wildman–Crippen LogP) is 5.38. The Morgan fingerprint density at radius 3 is 2.12 bits per heavy atom. The van der Waals surface area contributed by atoms with Crippen molar-refractivity contribution >= 4 is 25.0 Å². The summed E-state index contributed by atoms with van der Waals surface area (Å²) < 4.78 is 0. The number of aliphatic hydroxyl groups is 1. The predicted molar refractivity (Wildman–Crippen MR) is 117 cm³/mol. The molecule has 3 heteroatoms. The van der Waals surface area contributed by atoms with Crippen LogP contribution >= 0.6 is 11.8 Å². The van der Waals surface area contributed by atoms with Crippen LogP contribution in [0.25, 0.3) is 0 Å². The summed E-state index contributed by atoms with van der Waals surface area (Å²) in [7, 11) is -1.56. The molecule has 0 aliphatic carbocycles. The van der Waals surface area contributed by atoms with Gasteiger partial charge in [0.2, 0.25) is 0 Å². The van der Waals surface area contributed by atoms with Crippen LogP contribution in [-0.4, -0.2) is 31.3 Å². The zero-order valence-electron chi connectivity index (χ0n) is 16.2. The van der Waals surface area contributed by atoms with Gasteiger partial charge in [-0.1, -0.05) is 75.5 Å². The summed E-state index contributed by atoms with van der Waals surface area (Å²) in [6, 6.07) is 10.8. The topological polar surface area (TPSA) is 20.2 Å². The van der Waals surface area contributed by atoms with Crippen molar-refractivity contribution in [2.24, 2.45) is 0 Å². The standard InChI is InChI=1S/C22H36OSSi/c1-25(2,22-16-11-10-12-17-22)21-14-9-7-5-3-4-6-8-13-19-24-20-15-18-23/h10-12,16-17,23H,3-9,13,15,18-20H2,1-2H3. The van der Waals surface area contributed by atoms with Gasteiger partial charge in [0, 0.05) is 13.0 Å². The molecule has 0 radical (unpaired) electrons. The maximum atomic E-state index is 8.72. The highest BCUT2D eigenvalue weighted by Crippen LogP contribution is 2.11. The van der Waals surface area contributed by atoms with Crippen molar-refractivity contribution in [2.45, 2.75) is 70.9 Å². The van der Waals surface area contributed by atoms with Crippen LogP contribution in [0.3, 0.4) is 0 Å². The summed E-state index contributed by atoms with van der Waals surface area (Å²) in [5.41, 5.74) is 3.59. The van der Waals surface area contributed by atoms with Crippen LogP contribution in [0.15, 0.2) is 30.3 Å². The first kappa shape index (κ1) is 22.3. The molecule has 0 spiro atoms. The van der Waals surface area contributed by atoms with Crippen LogP contribution in [-0.2, 0) is 0 Å². The molecule has 1 N–H and O–H groups in total. The zero-order chi connectivity index (χ0) is 18.2. The van der Waals surface area contributed by atoms with Crippen LogP contribution < -0.4 is 5.19 Å². The largest absolute Gasteiger partial charge is 0.396 e. The molecule has 0 fully saturated rings. The van der Waals surface area contributed by atoms with Crippen molar-refractivity contribution in [3.63, 3.8) is 0 Å². The number of unbranched alkanes of at least 4 members (excludes halogenated alkanes) is 7. The Kier molecular flexibility index (Phi) is 12.9. The third-order valence-corrected chi connectivity index (χ3v) is 8.17. The van der Waals surface area contributed by atoms with Gasteiger partial charge in [-0.05, 0) is 36.0 Å². The Hall–Kier alpha value is -0.693. The molecule has 0 atom stereocenters. The van der Waals surface area contributed by atoms with Crippen LogP contribution in [0, 0.1) is 11.5 Å². The second-order valence-electron chi connectivity index (χ2n) is 7.21. The molecule has 1 nitrogen and oxygen atoms in total. The van der Waals surface area contributed by atoms with Gasteiger partial charge in [0.05, 0.1) is 0 Å². The maximum Gasteiger partial charge on any atom is 0.162 e. The highest BCUT2D eigenvalue weighted by molar-refractivity contribution is 7.99. The van der Waals surface area contributed by atoms with Gasteiger partial charge in [-0.3, -0.25) is 0 Å². The minimum absolute atomic E-state index is 0.337. The summed E-state index contributed by atoms with van der Waals surface area (Å²) in [6.45, 7) is 5.03. The quantitative estimate of drug-likeness (QED) is 0.283. The fraction of sp³-hybridized carbons (Fsp3) is 0.636. The average molecular weight is 377 g/mol. The summed E-state index contributed by atoms with van der Waals surface area (Å²) in [6.07, 6.45) is 11.4. The molecular weight excluding hydrogens is 340 g/mol. The fourth-order valence-corrected chi connectivity index (χ4v) is 5.46. The number of benzene rings is 1. The Balaban J connectivity index is 1.97. The number of rotatable bonds is 13. The average Bonchev–Trinajstić information content (AvgIpc) is 2.63. The fourth-order valence-electron chi connectivity index (χ4n) is 2.78. The monoisotopic (exact) mass is 376 g/mol. The molecule has 0 amide bonds. The Morgan fingerprint density at radius 1 is 0.840 bits per heavy atom. The van der Waals surface area contributed by atoms with Crippen molar-refractivity contribution in [1.29, 1.82) is 0 Å². The van der Waals surface area contributed by atoms with E-state index in [2.05, 4.69) is 54.9 Å². The lowest BCUT2D eigenvalue weighted by Gasteiger charge is -2.14. The zero-order valence-corrected chi connectivity index (χ0v) is 18.0. The smallest absolute Gasteiger partial charge is 0.162 e. The highest BCUT2D eigenvalue weighted by Gasteiger charge is 2.19. The lowest BCUT2D eigenvalue weighted by Crippen LogP contribution is -2.39. The Morgan fingerprint density at radius 2 is 1.44 bits per heavy atom. The molecule has 0 aromatic heterocycles. The normalized spacial score (nSPS) is 11.2. The number of aliphatic hydroxyl groups excluding tert-OH is 1. The molecule has 1 aromatic rings. The van der Waals surface area contributed by atoms with Gasteiger partial charge in [-0.2, -0.15) is 11.8 Å². The van der Waals surface area contributed by atoms with Crippen LogP contribution in [0.2, 0.25) is 13.1 Å². The minimum atomic E-state index is -1.56. The van der Waals surface area contributed by atoms with E-state index < -0.39 is 8.07 Å². The molecule has 140 valence electrons. The number of hydrogen-bond acceptors (Lipinski definition) is 2. The molecule has 1 aromatic carbocycles. The second-order valence-corrected chi connectivity index (χ2v) is 12.5. The van der Waals surface area contributed by atoms with Crippen molar-refractivity contribution in [1.82, 2.24) is 0 Å². The lowest BCUT2D eigenvalue weighted by atomic mass is 10.1. The van der Waals surface area contributed by atoms with E-state index in [1.165, 1.54) is 55.9 Å². The van der Waals surface area contributed by atoms with Gasteiger partial charge in [0.1, 0.15) is 0 Å². The van der Waals surface area contributed by atoms with E-state index in [9.17, 15) is 0 Å². The third kappa shape index (κ3) is 11.5. The van der Waals surface area contributed by atoms with Gasteiger partial charge >= 0.3 is 0 Å². The van der Waals surface area contributed by atoms with Crippen molar-refractivity contribution in [2.75, 3.05) is 18.1 Å². The molecular formula is C22H36OSSi. The van der Waals surface area contributed by atoms with Gasteiger partial charge in [-0.25, -0.2) is 0 Å². The van der Waals surface area contributed by atoms with Crippen molar-refractivity contribution < 1.29 is 5.11 Å². The van der Waals surface area contributed by atoms with Crippen LogP contribution in [0.1, 0.15) is 57.8 Å². The molecule has 0 unspecified atom stereocenters. The van der Waals surface area contributed by atoms with Gasteiger partial charge in [0.15, 0.2) is 8.07 Å². The molecule has 1 rings (SSSR count). The number of hydrogen-bond donors (Lipinski definition) is 1. The second kappa shape index (κ2) is 14.5. The van der Waals surface area contributed by atoms with E-state index >= 15 is 0 Å². The summed E-state index contributed by atoms with van der Waals surface area (Å²) in [5, 5.41) is 10.2. The van der Waals surface area contributed by atoms with E-state index in [1.54, 1.807) is 0 Å². The molecule has 0 aliphatic heterocycles. The molecule has 0 saturated carbocycles. The van der Waals surface area contributed by atoms with Crippen LogP contribution in [0.5, 0.6) is 0 Å². The molecule has 25 heavy (non-hydrogen) atoms. The number of thioether (sulfide) groups is 1. The molecule has 0 bridgehead atoms. The minimum Gasteiger partial charge on any atom is -0.396 e. The Bertz CT molecular complexity index is 490. The summed E-state index contributed by atoms with van der Waals surface area (Å²) in [4.78, 5) is 0. The summed E-state index contributed by atoms with van der Waals surface area (Å²) in [5.74, 6) is 5.82. The van der Waals surface area contributed by atoms with E-state index in [0.717, 1.165) is 18.6 Å². The molecule has 0 aliphatic rings. The molecule has 0 heterocycles. The van der Waals surface area contributed by atoms with E-state index in [4.69, 9.17) is 5.11 Å². The van der Waals surface area contributed by atoms with Crippen molar-refractivity contribution in [3.8, 4) is 11.5 Å². The first-order chi connectivity index (χ1) is 12.2. The first-order valence-electron chi connectivity index (χ1n) is 9.91. The summed E-state index contributed by atoms with van der Waals surface area (Å²) >= 11 is 1.98. The van der Waals surface area contributed by atoms with Gasteiger partial charge < -0.3 is 5.11 Å². The third-order valence-electron chi connectivity index (χ3n) is 4.43. The van der Waals surface area contributed by atoms with Gasteiger partial charge in [-0.15, -0.1) is 11.5 Å². The van der Waals surface area contributed by atoms with E-state index in [0.29, 0.717) is 6.61 Å². The first-order valence-corrected chi connectivity index (χ1v) is 14.1. The SMILES string of the molecule is C[Si](C)(C#CCCCCCCCCCSCCCO)c1ccccc1. The maximum absolute atomic E-state index is 8.72.